The molecule has 0 unspecified atom stereocenters. The predicted molar refractivity (Wildman–Crippen MR) is 129 cm³/mol. The van der Waals surface area contributed by atoms with E-state index in [1.807, 2.05) is 0 Å². The third kappa shape index (κ3) is 7.87. The number of aliphatic imine (C=N–C) groups is 1. The second-order valence-corrected chi connectivity index (χ2v) is 8.06. The number of piperazine rings is 1. The zero-order valence-electron chi connectivity index (χ0n) is 17.4. The van der Waals surface area contributed by atoms with E-state index in [-0.39, 0.29) is 24.0 Å². The van der Waals surface area contributed by atoms with Gasteiger partial charge in [0.2, 0.25) is 0 Å². The van der Waals surface area contributed by atoms with Crippen molar-refractivity contribution >= 4 is 29.9 Å². The Morgan fingerprint density at radius 3 is 2.14 bits per heavy atom. The normalized spacial score (nSPS) is 20.4. The van der Waals surface area contributed by atoms with E-state index in [0.29, 0.717) is 18.5 Å². The average molecular weight is 499 g/mol. The van der Waals surface area contributed by atoms with Crippen molar-refractivity contribution < 1.29 is 0 Å². The molecule has 2 fully saturated rings. The van der Waals surface area contributed by atoms with Crippen LogP contribution >= 0.6 is 24.0 Å². The second kappa shape index (κ2) is 12.6. The van der Waals surface area contributed by atoms with Gasteiger partial charge in [-0.05, 0) is 30.5 Å². The summed E-state index contributed by atoms with van der Waals surface area (Å²) in [7, 11) is 0. The van der Waals surface area contributed by atoms with E-state index >= 15 is 0 Å². The van der Waals surface area contributed by atoms with Crippen LogP contribution in [0.4, 0.5) is 0 Å². The van der Waals surface area contributed by atoms with Crippen molar-refractivity contribution in [3.8, 4) is 0 Å². The zero-order valence-corrected chi connectivity index (χ0v) is 19.7. The monoisotopic (exact) mass is 499 g/mol. The number of nitrogens with zero attached hydrogens (tertiary/aromatic N) is 3. The number of rotatable bonds is 6. The molecule has 0 aromatic heterocycles. The van der Waals surface area contributed by atoms with Crippen molar-refractivity contribution in [2.75, 3.05) is 32.7 Å². The third-order valence-corrected chi connectivity index (χ3v) is 5.98. The zero-order chi connectivity index (χ0) is 18.9. The van der Waals surface area contributed by atoms with E-state index in [0.717, 1.165) is 6.54 Å². The third-order valence-electron chi connectivity index (χ3n) is 5.98. The van der Waals surface area contributed by atoms with Crippen LogP contribution in [0.3, 0.4) is 0 Å². The molecule has 5 nitrogen and oxygen atoms in total. The van der Waals surface area contributed by atoms with Crippen LogP contribution in [0.5, 0.6) is 0 Å². The van der Waals surface area contributed by atoms with Gasteiger partial charge in [-0.15, -0.1) is 24.0 Å². The molecule has 1 aliphatic carbocycles. The van der Waals surface area contributed by atoms with E-state index in [1.54, 1.807) is 0 Å². The Hall–Kier alpha value is -0.860. The first kappa shape index (κ1) is 23.4. The number of guanidine groups is 1. The first-order valence-electron chi connectivity index (χ1n) is 10.8. The van der Waals surface area contributed by atoms with Crippen molar-refractivity contribution in [2.24, 2.45) is 10.7 Å². The summed E-state index contributed by atoms with van der Waals surface area (Å²) in [6.45, 7) is 9.84. The number of nitrogens with two attached hydrogens (primary N) is 1. The van der Waals surface area contributed by atoms with Gasteiger partial charge in [0.25, 0.3) is 0 Å². The summed E-state index contributed by atoms with van der Waals surface area (Å²) in [6, 6.07) is 9.38. The Bertz CT molecular complexity index is 573. The van der Waals surface area contributed by atoms with Crippen LogP contribution in [-0.2, 0) is 13.1 Å². The van der Waals surface area contributed by atoms with Gasteiger partial charge in [0.15, 0.2) is 5.96 Å². The van der Waals surface area contributed by atoms with Gasteiger partial charge >= 0.3 is 0 Å². The highest BCUT2D eigenvalue weighted by Crippen LogP contribution is 2.17. The van der Waals surface area contributed by atoms with Gasteiger partial charge in [-0.25, -0.2) is 4.99 Å². The lowest BCUT2D eigenvalue weighted by Gasteiger charge is -2.34. The smallest absolute Gasteiger partial charge is 0.189 e. The molecule has 3 N–H and O–H groups in total. The maximum absolute atomic E-state index is 6.11. The number of benzene rings is 1. The van der Waals surface area contributed by atoms with Gasteiger partial charge in [-0.1, -0.05) is 56.9 Å². The summed E-state index contributed by atoms with van der Waals surface area (Å²) in [5.74, 6) is 0.597. The highest BCUT2D eigenvalue weighted by Gasteiger charge is 2.15. The summed E-state index contributed by atoms with van der Waals surface area (Å²) in [4.78, 5) is 9.62. The SMILES string of the molecule is CCN1CCN(Cc2ccc(CN=C(N)NC3CCCCCC3)cc2)CC1.I. The molecule has 28 heavy (non-hydrogen) atoms. The topological polar surface area (TPSA) is 56.9 Å². The minimum atomic E-state index is 0. The molecule has 1 aromatic rings. The minimum absolute atomic E-state index is 0. The highest BCUT2D eigenvalue weighted by molar-refractivity contribution is 14.0. The number of hydrogen-bond acceptors (Lipinski definition) is 3. The highest BCUT2D eigenvalue weighted by atomic mass is 127. The fraction of sp³-hybridized carbons (Fsp3) is 0.682. The molecule has 1 saturated carbocycles. The van der Waals surface area contributed by atoms with Gasteiger partial charge < -0.3 is 16.0 Å². The van der Waals surface area contributed by atoms with Gasteiger partial charge in [0, 0.05) is 38.8 Å². The fourth-order valence-electron chi connectivity index (χ4n) is 4.13. The molecule has 0 bridgehead atoms. The first-order valence-corrected chi connectivity index (χ1v) is 10.8. The Morgan fingerprint density at radius 2 is 1.54 bits per heavy atom. The van der Waals surface area contributed by atoms with Crippen LogP contribution in [-0.4, -0.2) is 54.5 Å². The Labute approximate surface area is 188 Å². The maximum Gasteiger partial charge on any atom is 0.189 e. The number of likely N-dealkylation sites (N-methyl/N-ethyl adjacent to an activating group) is 1. The molecule has 158 valence electrons. The summed E-state index contributed by atoms with van der Waals surface area (Å²) in [5.41, 5.74) is 8.72. The van der Waals surface area contributed by atoms with Gasteiger partial charge in [0.05, 0.1) is 6.54 Å². The summed E-state index contributed by atoms with van der Waals surface area (Å²) in [5, 5.41) is 3.42. The van der Waals surface area contributed by atoms with Gasteiger partial charge in [-0.2, -0.15) is 0 Å². The number of nitrogens with one attached hydrogen (secondary N) is 1. The molecular weight excluding hydrogens is 461 g/mol. The first-order chi connectivity index (χ1) is 13.2. The standard InChI is InChI=1S/C22H37N5.HI/c1-2-26-13-15-27(16-14-26)18-20-11-9-19(10-12-20)17-24-22(23)25-21-7-5-3-4-6-8-21;/h9-12,21H,2-8,13-18H2,1H3,(H3,23,24,25);1H. The van der Waals surface area contributed by atoms with E-state index < -0.39 is 0 Å². The van der Waals surface area contributed by atoms with Gasteiger partial charge in [0.1, 0.15) is 0 Å². The number of hydrogen-bond donors (Lipinski definition) is 2. The molecule has 0 spiro atoms. The van der Waals surface area contributed by atoms with E-state index in [1.165, 1.54) is 82.4 Å². The molecule has 3 rings (SSSR count). The maximum atomic E-state index is 6.11. The molecule has 1 aliphatic heterocycles. The lowest BCUT2D eigenvalue weighted by molar-refractivity contribution is 0.132. The molecule has 0 radical (unpaired) electrons. The van der Waals surface area contributed by atoms with Crippen molar-refractivity contribution in [2.45, 2.75) is 64.6 Å². The molecule has 1 aromatic carbocycles. The predicted octanol–water partition coefficient (Wildman–Crippen LogP) is 3.57. The van der Waals surface area contributed by atoms with Crippen LogP contribution in [0.25, 0.3) is 0 Å². The van der Waals surface area contributed by atoms with E-state index in [9.17, 15) is 0 Å². The van der Waals surface area contributed by atoms with Crippen molar-refractivity contribution in [3.63, 3.8) is 0 Å². The average Bonchev–Trinajstić information content (AvgIpc) is 2.97. The molecule has 1 heterocycles. The van der Waals surface area contributed by atoms with Crippen LogP contribution < -0.4 is 11.1 Å². The molecule has 6 heteroatoms. The fourth-order valence-corrected chi connectivity index (χ4v) is 4.13. The van der Waals surface area contributed by atoms with Crippen molar-refractivity contribution in [1.82, 2.24) is 15.1 Å². The van der Waals surface area contributed by atoms with E-state index in [2.05, 4.69) is 51.3 Å². The largest absolute Gasteiger partial charge is 0.370 e. The minimum Gasteiger partial charge on any atom is -0.370 e. The quantitative estimate of drug-likeness (QED) is 0.272. The molecule has 0 amide bonds. The van der Waals surface area contributed by atoms with Crippen LogP contribution in [0, 0.1) is 0 Å². The summed E-state index contributed by atoms with van der Waals surface area (Å²) >= 11 is 0. The van der Waals surface area contributed by atoms with Gasteiger partial charge in [-0.3, -0.25) is 4.90 Å². The lowest BCUT2D eigenvalue weighted by atomic mass is 10.1. The van der Waals surface area contributed by atoms with Crippen LogP contribution in [0.2, 0.25) is 0 Å². The lowest BCUT2D eigenvalue weighted by Crippen LogP contribution is -2.45. The molecule has 2 aliphatic rings. The summed E-state index contributed by atoms with van der Waals surface area (Å²) in [6.07, 6.45) is 7.76. The van der Waals surface area contributed by atoms with Crippen LogP contribution in [0.15, 0.2) is 29.3 Å². The Morgan fingerprint density at radius 1 is 0.964 bits per heavy atom. The van der Waals surface area contributed by atoms with E-state index in [4.69, 9.17) is 5.73 Å². The molecule has 1 saturated heterocycles. The van der Waals surface area contributed by atoms with Crippen LogP contribution in [0.1, 0.15) is 56.6 Å². The molecular formula is C22H38IN5. The Balaban J connectivity index is 0.00000280. The second-order valence-electron chi connectivity index (χ2n) is 8.06. The Kier molecular flexibility index (Phi) is 10.6. The summed E-state index contributed by atoms with van der Waals surface area (Å²) < 4.78 is 0. The molecule has 0 atom stereocenters. The van der Waals surface area contributed by atoms with Crippen molar-refractivity contribution in [1.29, 1.82) is 0 Å². The van der Waals surface area contributed by atoms with Crippen molar-refractivity contribution in [3.05, 3.63) is 35.4 Å². The number of halogens is 1.